The number of carbonyl (C=O) groups is 2. The maximum atomic E-state index is 12.2. The van der Waals surface area contributed by atoms with Crippen molar-refractivity contribution in [1.82, 2.24) is 4.90 Å². The van der Waals surface area contributed by atoms with E-state index in [2.05, 4.69) is 0 Å². The maximum absolute atomic E-state index is 12.2. The molecule has 0 aliphatic carbocycles. The zero-order valence-corrected chi connectivity index (χ0v) is 11.3. The van der Waals surface area contributed by atoms with Crippen LogP contribution in [0.15, 0.2) is 18.2 Å². The van der Waals surface area contributed by atoms with Gasteiger partial charge in [0, 0.05) is 6.54 Å². The average molecular weight is 261 g/mol. The Morgan fingerprint density at radius 2 is 2.11 bits per heavy atom. The number of hydrogen-bond donors (Lipinski definition) is 1. The van der Waals surface area contributed by atoms with Gasteiger partial charge >= 0.3 is 5.97 Å². The van der Waals surface area contributed by atoms with E-state index in [4.69, 9.17) is 5.11 Å². The number of amides is 1. The molecule has 1 aliphatic heterocycles. The van der Waals surface area contributed by atoms with E-state index in [1.807, 2.05) is 32.0 Å². The fourth-order valence-corrected chi connectivity index (χ4v) is 2.63. The van der Waals surface area contributed by atoms with Crippen LogP contribution in [-0.4, -0.2) is 34.5 Å². The molecule has 1 aromatic rings. The van der Waals surface area contributed by atoms with Crippen molar-refractivity contribution in [3.63, 3.8) is 0 Å². The first-order valence-electron chi connectivity index (χ1n) is 6.57. The molecule has 1 atom stereocenters. The first-order chi connectivity index (χ1) is 8.99. The average Bonchev–Trinajstić information content (AvgIpc) is 2.82. The summed E-state index contributed by atoms with van der Waals surface area (Å²) in [6.07, 6.45) is 1.62. The molecule has 19 heavy (non-hydrogen) atoms. The van der Waals surface area contributed by atoms with Crippen LogP contribution in [0.4, 0.5) is 0 Å². The highest BCUT2D eigenvalue weighted by Crippen LogP contribution is 2.20. The lowest BCUT2D eigenvalue weighted by molar-refractivity contribution is -0.148. The van der Waals surface area contributed by atoms with Crippen LogP contribution in [-0.2, 0) is 16.0 Å². The molecule has 1 aliphatic rings. The van der Waals surface area contributed by atoms with Crippen LogP contribution in [0, 0.1) is 13.8 Å². The van der Waals surface area contributed by atoms with Crippen LogP contribution < -0.4 is 0 Å². The number of benzene rings is 1. The van der Waals surface area contributed by atoms with Crippen molar-refractivity contribution < 1.29 is 14.7 Å². The van der Waals surface area contributed by atoms with E-state index in [1.54, 1.807) is 0 Å². The van der Waals surface area contributed by atoms with Crippen molar-refractivity contribution >= 4 is 11.9 Å². The van der Waals surface area contributed by atoms with Crippen molar-refractivity contribution in [3.8, 4) is 0 Å². The minimum atomic E-state index is -0.897. The summed E-state index contributed by atoms with van der Waals surface area (Å²) < 4.78 is 0. The number of aryl methyl sites for hydroxylation is 2. The van der Waals surface area contributed by atoms with Crippen LogP contribution in [0.3, 0.4) is 0 Å². The standard InChI is InChI=1S/C15H19NO3/c1-10-5-6-12(11(2)8-10)9-14(17)16-7-3-4-13(16)15(18)19/h5-6,8,13H,3-4,7,9H2,1-2H3,(H,18,19). The van der Waals surface area contributed by atoms with Gasteiger partial charge in [0.05, 0.1) is 6.42 Å². The van der Waals surface area contributed by atoms with Crippen molar-refractivity contribution in [2.75, 3.05) is 6.54 Å². The van der Waals surface area contributed by atoms with Gasteiger partial charge in [-0.3, -0.25) is 4.79 Å². The van der Waals surface area contributed by atoms with Gasteiger partial charge in [0.25, 0.3) is 0 Å². The highest BCUT2D eigenvalue weighted by Gasteiger charge is 2.33. The lowest BCUT2D eigenvalue weighted by atomic mass is 10.0. The Balaban J connectivity index is 2.10. The number of carbonyl (C=O) groups excluding carboxylic acids is 1. The Kier molecular flexibility index (Phi) is 3.88. The Bertz CT molecular complexity index is 510. The number of likely N-dealkylation sites (tertiary alicyclic amines) is 1. The summed E-state index contributed by atoms with van der Waals surface area (Å²) in [6.45, 7) is 4.55. The molecule has 4 heteroatoms. The Hall–Kier alpha value is -1.84. The summed E-state index contributed by atoms with van der Waals surface area (Å²) in [6, 6.07) is 5.34. The Morgan fingerprint density at radius 3 is 2.74 bits per heavy atom. The summed E-state index contributed by atoms with van der Waals surface area (Å²) in [5.41, 5.74) is 3.23. The monoisotopic (exact) mass is 261 g/mol. The summed E-state index contributed by atoms with van der Waals surface area (Å²) in [4.78, 5) is 24.8. The second-order valence-electron chi connectivity index (χ2n) is 5.19. The molecule has 0 radical (unpaired) electrons. The third-order valence-electron chi connectivity index (χ3n) is 3.70. The van der Waals surface area contributed by atoms with Crippen LogP contribution in [0.1, 0.15) is 29.5 Å². The molecule has 102 valence electrons. The van der Waals surface area contributed by atoms with Crippen LogP contribution >= 0.6 is 0 Å². The minimum Gasteiger partial charge on any atom is -0.480 e. The van der Waals surface area contributed by atoms with Gasteiger partial charge in [0.2, 0.25) is 5.91 Å². The topological polar surface area (TPSA) is 57.6 Å². The number of hydrogen-bond acceptors (Lipinski definition) is 2. The normalized spacial score (nSPS) is 18.6. The molecule has 1 N–H and O–H groups in total. The summed E-state index contributed by atoms with van der Waals surface area (Å²) in [7, 11) is 0. The van der Waals surface area contributed by atoms with Crippen LogP contribution in [0.2, 0.25) is 0 Å². The van der Waals surface area contributed by atoms with Gasteiger partial charge in [0.15, 0.2) is 0 Å². The highest BCUT2D eigenvalue weighted by atomic mass is 16.4. The predicted octanol–water partition coefficient (Wildman–Crippen LogP) is 1.92. The van der Waals surface area contributed by atoms with Gasteiger partial charge in [0.1, 0.15) is 6.04 Å². The van der Waals surface area contributed by atoms with Gasteiger partial charge < -0.3 is 10.0 Å². The third kappa shape index (κ3) is 2.95. The number of rotatable bonds is 3. The van der Waals surface area contributed by atoms with E-state index in [0.29, 0.717) is 13.0 Å². The molecule has 0 spiro atoms. The summed E-state index contributed by atoms with van der Waals surface area (Å²) in [5.74, 6) is -0.983. The second-order valence-corrected chi connectivity index (χ2v) is 5.19. The molecule has 0 saturated carbocycles. The SMILES string of the molecule is Cc1ccc(CC(=O)N2CCCC2C(=O)O)c(C)c1. The molecule has 4 nitrogen and oxygen atoms in total. The third-order valence-corrected chi connectivity index (χ3v) is 3.70. The van der Waals surface area contributed by atoms with Gasteiger partial charge in [-0.05, 0) is 37.8 Å². The summed E-state index contributed by atoms with van der Waals surface area (Å²) in [5, 5.41) is 9.10. The van der Waals surface area contributed by atoms with Gasteiger partial charge in [-0.1, -0.05) is 23.8 Å². The smallest absolute Gasteiger partial charge is 0.326 e. The number of carboxylic acid groups (broad SMARTS) is 1. The van der Waals surface area contributed by atoms with Gasteiger partial charge in [-0.25, -0.2) is 4.79 Å². The molecule has 1 aromatic carbocycles. The van der Waals surface area contributed by atoms with Crippen LogP contribution in [0.25, 0.3) is 0 Å². The first kappa shape index (κ1) is 13.6. The molecule has 0 bridgehead atoms. The molecule has 2 rings (SSSR count). The van der Waals surface area contributed by atoms with Crippen molar-refractivity contribution in [1.29, 1.82) is 0 Å². The second kappa shape index (κ2) is 5.43. The van der Waals surface area contributed by atoms with Crippen molar-refractivity contribution in [2.24, 2.45) is 0 Å². The van der Waals surface area contributed by atoms with Gasteiger partial charge in [-0.15, -0.1) is 0 Å². The lowest BCUT2D eigenvalue weighted by Gasteiger charge is -2.21. The van der Waals surface area contributed by atoms with E-state index in [1.165, 1.54) is 10.5 Å². The number of nitrogens with zero attached hydrogens (tertiary/aromatic N) is 1. The lowest BCUT2D eigenvalue weighted by Crippen LogP contribution is -2.41. The summed E-state index contributed by atoms with van der Waals surface area (Å²) >= 11 is 0. The zero-order valence-electron chi connectivity index (χ0n) is 11.3. The Labute approximate surface area is 113 Å². The molecular weight excluding hydrogens is 242 g/mol. The molecule has 1 heterocycles. The van der Waals surface area contributed by atoms with E-state index in [9.17, 15) is 9.59 Å². The van der Waals surface area contributed by atoms with E-state index in [-0.39, 0.29) is 12.3 Å². The Morgan fingerprint density at radius 1 is 1.37 bits per heavy atom. The number of carboxylic acids is 1. The van der Waals surface area contributed by atoms with Gasteiger partial charge in [-0.2, -0.15) is 0 Å². The van der Waals surface area contributed by atoms with E-state index < -0.39 is 12.0 Å². The minimum absolute atomic E-state index is 0.0862. The fraction of sp³-hybridized carbons (Fsp3) is 0.467. The van der Waals surface area contributed by atoms with Crippen LogP contribution in [0.5, 0.6) is 0 Å². The maximum Gasteiger partial charge on any atom is 0.326 e. The molecule has 1 unspecified atom stereocenters. The largest absolute Gasteiger partial charge is 0.480 e. The zero-order chi connectivity index (χ0) is 14.0. The number of aliphatic carboxylic acids is 1. The quantitative estimate of drug-likeness (QED) is 0.904. The first-order valence-corrected chi connectivity index (χ1v) is 6.57. The van der Waals surface area contributed by atoms with Crippen molar-refractivity contribution in [2.45, 2.75) is 39.2 Å². The van der Waals surface area contributed by atoms with E-state index in [0.717, 1.165) is 17.5 Å². The molecule has 1 fully saturated rings. The predicted molar refractivity (Wildman–Crippen MR) is 72.0 cm³/mol. The molecule has 1 saturated heterocycles. The van der Waals surface area contributed by atoms with Crippen molar-refractivity contribution in [3.05, 3.63) is 34.9 Å². The highest BCUT2D eigenvalue weighted by molar-refractivity contribution is 5.85. The van der Waals surface area contributed by atoms with E-state index >= 15 is 0 Å². The molecule has 1 amide bonds. The fourth-order valence-electron chi connectivity index (χ4n) is 2.63. The molecular formula is C15H19NO3. The molecule has 0 aromatic heterocycles.